The summed E-state index contributed by atoms with van der Waals surface area (Å²) in [5.41, 5.74) is 6.24. The van der Waals surface area contributed by atoms with Gasteiger partial charge in [0.1, 0.15) is 0 Å². The Morgan fingerprint density at radius 1 is 1.60 bits per heavy atom. The van der Waals surface area contributed by atoms with Crippen molar-refractivity contribution >= 4 is 0 Å². The third kappa shape index (κ3) is 1.18. The van der Waals surface area contributed by atoms with Crippen molar-refractivity contribution in [1.82, 2.24) is 5.32 Å². The minimum Gasteiger partial charge on any atom is -0.324 e. The van der Waals surface area contributed by atoms with Gasteiger partial charge in [-0.15, -0.1) is 0 Å². The number of hydrogen-bond acceptors (Lipinski definition) is 2. The number of hydrogen-bond donors (Lipinski definition) is 2. The molecule has 2 atom stereocenters. The molecule has 2 nitrogen and oxygen atoms in total. The Labute approximate surface area is 63.2 Å². The summed E-state index contributed by atoms with van der Waals surface area (Å²) in [4.78, 5) is 0. The Bertz CT molecular complexity index is 114. The third-order valence-electron chi connectivity index (χ3n) is 2.81. The summed E-state index contributed by atoms with van der Waals surface area (Å²) < 4.78 is 0. The molecule has 0 aliphatic carbocycles. The van der Waals surface area contributed by atoms with Gasteiger partial charge >= 0.3 is 0 Å². The maximum Gasteiger partial charge on any atom is 0.0318 e. The first-order valence-corrected chi connectivity index (χ1v) is 4.22. The second-order valence-corrected chi connectivity index (χ2v) is 3.32. The van der Waals surface area contributed by atoms with Crippen LogP contribution in [0.2, 0.25) is 0 Å². The van der Waals surface area contributed by atoms with E-state index in [0.717, 1.165) is 19.5 Å². The number of nitrogens with two attached hydrogens (primary N) is 1. The van der Waals surface area contributed by atoms with Crippen LogP contribution in [0.1, 0.15) is 26.7 Å². The molecule has 0 aromatic heterocycles. The topological polar surface area (TPSA) is 38.0 Å². The van der Waals surface area contributed by atoms with Crippen molar-refractivity contribution in [3.8, 4) is 0 Å². The predicted molar refractivity (Wildman–Crippen MR) is 43.9 cm³/mol. The SMILES string of the molecule is CCC1CNCC1(N)CC. The molecular formula is C8H18N2. The molecule has 0 amide bonds. The van der Waals surface area contributed by atoms with Crippen LogP contribution in [0.4, 0.5) is 0 Å². The second kappa shape index (κ2) is 2.89. The van der Waals surface area contributed by atoms with E-state index in [1.165, 1.54) is 6.42 Å². The van der Waals surface area contributed by atoms with Gasteiger partial charge in [-0.2, -0.15) is 0 Å². The highest BCUT2D eigenvalue weighted by Gasteiger charge is 2.36. The van der Waals surface area contributed by atoms with Crippen molar-refractivity contribution in [3.63, 3.8) is 0 Å². The number of rotatable bonds is 2. The van der Waals surface area contributed by atoms with Crippen LogP contribution >= 0.6 is 0 Å². The average molecular weight is 142 g/mol. The molecule has 0 bridgehead atoms. The molecule has 1 aliphatic rings. The van der Waals surface area contributed by atoms with E-state index in [1.54, 1.807) is 0 Å². The lowest BCUT2D eigenvalue weighted by Crippen LogP contribution is -2.46. The van der Waals surface area contributed by atoms with Gasteiger partial charge in [-0.3, -0.25) is 0 Å². The van der Waals surface area contributed by atoms with Crippen molar-refractivity contribution in [2.45, 2.75) is 32.2 Å². The summed E-state index contributed by atoms with van der Waals surface area (Å²) in [7, 11) is 0. The summed E-state index contributed by atoms with van der Waals surface area (Å²) in [6, 6.07) is 0. The molecule has 1 rings (SSSR count). The first kappa shape index (κ1) is 8.02. The first-order chi connectivity index (χ1) is 4.73. The fourth-order valence-electron chi connectivity index (χ4n) is 1.79. The van der Waals surface area contributed by atoms with Gasteiger partial charge in [-0.05, 0) is 18.9 Å². The Morgan fingerprint density at radius 3 is 2.70 bits per heavy atom. The summed E-state index contributed by atoms with van der Waals surface area (Å²) in [6.45, 7) is 6.51. The zero-order valence-electron chi connectivity index (χ0n) is 6.98. The summed E-state index contributed by atoms with van der Waals surface area (Å²) in [5, 5.41) is 3.34. The summed E-state index contributed by atoms with van der Waals surface area (Å²) in [5.74, 6) is 0.692. The molecule has 1 saturated heterocycles. The molecule has 0 spiro atoms. The minimum absolute atomic E-state index is 0.0920. The van der Waals surface area contributed by atoms with E-state index in [2.05, 4.69) is 19.2 Å². The van der Waals surface area contributed by atoms with Crippen molar-refractivity contribution in [2.75, 3.05) is 13.1 Å². The minimum atomic E-state index is 0.0920. The number of nitrogens with one attached hydrogen (secondary N) is 1. The third-order valence-corrected chi connectivity index (χ3v) is 2.81. The van der Waals surface area contributed by atoms with Gasteiger partial charge in [0.05, 0.1) is 0 Å². The van der Waals surface area contributed by atoms with Crippen LogP contribution in [0.3, 0.4) is 0 Å². The molecule has 3 N–H and O–H groups in total. The Morgan fingerprint density at radius 2 is 2.30 bits per heavy atom. The van der Waals surface area contributed by atoms with Crippen molar-refractivity contribution in [3.05, 3.63) is 0 Å². The second-order valence-electron chi connectivity index (χ2n) is 3.32. The molecule has 10 heavy (non-hydrogen) atoms. The van der Waals surface area contributed by atoms with Crippen LogP contribution in [-0.4, -0.2) is 18.6 Å². The lowest BCUT2D eigenvalue weighted by Gasteiger charge is -2.27. The Balaban J connectivity index is 2.56. The van der Waals surface area contributed by atoms with E-state index in [9.17, 15) is 0 Å². The highest BCUT2D eigenvalue weighted by Crippen LogP contribution is 2.24. The highest BCUT2D eigenvalue weighted by molar-refractivity contribution is 4.97. The molecule has 2 heteroatoms. The van der Waals surface area contributed by atoms with E-state index in [1.807, 2.05) is 0 Å². The Hall–Kier alpha value is -0.0800. The summed E-state index contributed by atoms with van der Waals surface area (Å²) in [6.07, 6.45) is 2.30. The lowest BCUT2D eigenvalue weighted by atomic mass is 9.84. The lowest BCUT2D eigenvalue weighted by molar-refractivity contribution is 0.325. The van der Waals surface area contributed by atoms with Gasteiger partial charge in [0.2, 0.25) is 0 Å². The molecule has 0 aromatic rings. The zero-order chi connectivity index (χ0) is 7.61. The van der Waals surface area contributed by atoms with Gasteiger partial charge in [0.25, 0.3) is 0 Å². The van der Waals surface area contributed by atoms with Crippen molar-refractivity contribution in [1.29, 1.82) is 0 Å². The van der Waals surface area contributed by atoms with E-state index < -0.39 is 0 Å². The fourth-order valence-corrected chi connectivity index (χ4v) is 1.79. The van der Waals surface area contributed by atoms with E-state index in [4.69, 9.17) is 5.73 Å². The molecule has 1 heterocycles. The highest BCUT2D eigenvalue weighted by atomic mass is 15.0. The summed E-state index contributed by atoms with van der Waals surface area (Å²) >= 11 is 0. The molecule has 1 aliphatic heterocycles. The molecular weight excluding hydrogens is 124 g/mol. The van der Waals surface area contributed by atoms with E-state index >= 15 is 0 Å². The van der Waals surface area contributed by atoms with Crippen molar-refractivity contribution in [2.24, 2.45) is 11.7 Å². The van der Waals surface area contributed by atoms with Crippen LogP contribution in [0.15, 0.2) is 0 Å². The Kier molecular flexibility index (Phi) is 2.32. The van der Waals surface area contributed by atoms with Crippen LogP contribution < -0.4 is 11.1 Å². The van der Waals surface area contributed by atoms with Gasteiger partial charge in [0.15, 0.2) is 0 Å². The first-order valence-electron chi connectivity index (χ1n) is 4.22. The van der Waals surface area contributed by atoms with Crippen LogP contribution in [0.5, 0.6) is 0 Å². The monoisotopic (exact) mass is 142 g/mol. The van der Waals surface area contributed by atoms with Crippen molar-refractivity contribution < 1.29 is 0 Å². The molecule has 0 saturated carbocycles. The maximum atomic E-state index is 6.15. The average Bonchev–Trinajstić information content (AvgIpc) is 2.32. The zero-order valence-corrected chi connectivity index (χ0v) is 6.98. The molecule has 0 aromatic carbocycles. The van der Waals surface area contributed by atoms with E-state index in [-0.39, 0.29) is 5.54 Å². The van der Waals surface area contributed by atoms with Gasteiger partial charge < -0.3 is 11.1 Å². The quantitative estimate of drug-likeness (QED) is 0.596. The smallest absolute Gasteiger partial charge is 0.0318 e. The largest absolute Gasteiger partial charge is 0.324 e. The standard InChI is InChI=1S/C8H18N2/c1-3-7-5-10-6-8(7,9)4-2/h7,10H,3-6,9H2,1-2H3. The molecule has 60 valence electrons. The van der Waals surface area contributed by atoms with Gasteiger partial charge in [-0.1, -0.05) is 20.3 Å². The van der Waals surface area contributed by atoms with Gasteiger partial charge in [0, 0.05) is 12.1 Å². The van der Waals surface area contributed by atoms with Crippen LogP contribution in [-0.2, 0) is 0 Å². The molecule has 1 fully saturated rings. The fraction of sp³-hybridized carbons (Fsp3) is 1.00. The maximum absolute atomic E-state index is 6.15. The predicted octanol–water partition coefficient (Wildman–Crippen LogP) is 0.723. The van der Waals surface area contributed by atoms with Crippen LogP contribution in [0.25, 0.3) is 0 Å². The normalized spacial score (nSPS) is 40.5. The van der Waals surface area contributed by atoms with Crippen LogP contribution in [0, 0.1) is 5.92 Å². The molecule has 0 radical (unpaired) electrons. The van der Waals surface area contributed by atoms with Gasteiger partial charge in [-0.25, -0.2) is 0 Å². The molecule has 2 unspecified atom stereocenters. The van der Waals surface area contributed by atoms with E-state index in [0.29, 0.717) is 5.92 Å².